The fourth-order valence-electron chi connectivity index (χ4n) is 3.59. The van der Waals surface area contributed by atoms with Crippen LogP contribution >= 0.6 is 0 Å². The van der Waals surface area contributed by atoms with Gasteiger partial charge in [-0.25, -0.2) is 0 Å². The zero-order valence-corrected chi connectivity index (χ0v) is 13.5. The number of pyridine rings is 1. The summed E-state index contributed by atoms with van der Waals surface area (Å²) in [5.41, 5.74) is 2.76. The van der Waals surface area contributed by atoms with Crippen LogP contribution in [-0.4, -0.2) is 39.1 Å². The maximum Gasteiger partial charge on any atom is 0.254 e. The van der Waals surface area contributed by atoms with Gasteiger partial charge in [-0.15, -0.1) is 0 Å². The summed E-state index contributed by atoms with van der Waals surface area (Å²) in [4.78, 5) is 19.4. The molecule has 3 aromatic rings. The first-order valence-corrected chi connectivity index (χ1v) is 8.42. The van der Waals surface area contributed by atoms with Crippen molar-refractivity contribution in [2.45, 2.75) is 19.3 Å². The van der Waals surface area contributed by atoms with E-state index in [0.717, 1.165) is 54.5 Å². The van der Waals surface area contributed by atoms with Crippen molar-refractivity contribution in [1.29, 1.82) is 0 Å². The number of amides is 1. The van der Waals surface area contributed by atoms with E-state index in [0.29, 0.717) is 5.92 Å². The number of aromatic nitrogens is 3. The SMILES string of the molecule is O=C(c1cccc2ncccc12)N1CCC[C@H](Cc2ccn[nH]2)C1. The zero-order chi connectivity index (χ0) is 16.4. The van der Waals surface area contributed by atoms with Crippen molar-refractivity contribution in [3.8, 4) is 0 Å². The lowest BCUT2D eigenvalue weighted by atomic mass is 9.93. The topological polar surface area (TPSA) is 61.9 Å². The summed E-state index contributed by atoms with van der Waals surface area (Å²) < 4.78 is 0. The average Bonchev–Trinajstić information content (AvgIpc) is 3.14. The Morgan fingerprint density at radius 3 is 3.04 bits per heavy atom. The molecule has 1 N–H and O–H groups in total. The Morgan fingerprint density at radius 2 is 2.17 bits per heavy atom. The number of likely N-dealkylation sites (tertiary alicyclic amines) is 1. The number of rotatable bonds is 3. The number of carbonyl (C=O) groups excluding carboxylic acids is 1. The molecule has 1 atom stereocenters. The van der Waals surface area contributed by atoms with Gasteiger partial charge in [0.25, 0.3) is 5.91 Å². The fourth-order valence-corrected chi connectivity index (χ4v) is 3.59. The Hall–Kier alpha value is -2.69. The van der Waals surface area contributed by atoms with Crippen LogP contribution < -0.4 is 0 Å². The second kappa shape index (κ2) is 6.43. The van der Waals surface area contributed by atoms with E-state index in [1.165, 1.54) is 0 Å². The van der Waals surface area contributed by atoms with Crippen molar-refractivity contribution in [2.75, 3.05) is 13.1 Å². The summed E-state index contributed by atoms with van der Waals surface area (Å²) in [6.45, 7) is 1.63. The Labute approximate surface area is 140 Å². The normalized spacial score (nSPS) is 18.0. The number of benzene rings is 1. The van der Waals surface area contributed by atoms with Gasteiger partial charge in [-0.1, -0.05) is 12.1 Å². The quantitative estimate of drug-likeness (QED) is 0.807. The third kappa shape index (κ3) is 2.89. The summed E-state index contributed by atoms with van der Waals surface area (Å²) in [7, 11) is 0. The van der Waals surface area contributed by atoms with Crippen LogP contribution in [0.15, 0.2) is 48.8 Å². The molecular formula is C19H20N4O. The van der Waals surface area contributed by atoms with Gasteiger partial charge in [0.05, 0.1) is 5.52 Å². The summed E-state index contributed by atoms with van der Waals surface area (Å²) in [5.74, 6) is 0.596. The van der Waals surface area contributed by atoms with Crippen molar-refractivity contribution >= 4 is 16.8 Å². The molecule has 2 aromatic heterocycles. The number of H-pyrrole nitrogens is 1. The van der Waals surface area contributed by atoms with Crippen LogP contribution in [0.3, 0.4) is 0 Å². The predicted octanol–water partition coefficient (Wildman–Crippen LogP) is 3.05. The third-order valence-electron chi connectivity index (χ3n) is 4.75. The molecule has 1 aromatic carbocycles. The number of piperidine rings is 1. The minimum absolute atomic E-state index is 0.114. The van der Waals surface area contributed by atoms with Crippen LogP contribution in [0.4, 0.5) is 0 Å². The van der Waals surface area contributed by atoms with Gasteiger partial charge in [-0.3, -0.25) is 14.9 Å². The lowest BCUT2D eigenvalue weighted by Gasteiger charge is -2.33. The Kier molecular flexibility index (Phi) is 3.99. The second-order valence-corrected chi connectivity index (χ2v) is 6.42. The molecule has 3 heterocycles. The number of hydrogen-bond donors (Lipinski definition) is 1. The molecule has 122 valence electrons. The van der Waals surface area contributed by atoms with Gasteiger partial charge in [-0.2, -0.15) is 5.10 Å². The molecule has 4 rings (SSSR count). The van der Waals surface area contributed by atoms with Crippen LogP contribution in [0.1, 0.15) is 28.9 Å². The Bertz CT molecular complexity index is 838. The molecule has 1 saturated heterocycles. The molecule has 0 spiro atoms. The van der Waals surface area contributed by atoms with Gasteiger partial charge >= 0.3 is 0 Å². The summed E-state index contributed by atoms with van der Waals surface area (Å²) in [5, 5.41) is 7.96. The maximum absolute atomic E-state index is 13.0. The molecule has 0 saturated carbocycles. The van der Waals surface area contributed by atoms with Crippen molar-refractivity contribution in [1.82, 2.24) is 20.1 Å². The number of nitrogens with zero attached hydrogens (tertiary/aromatic N) is 3. The van der Waals surface area contributed by atoms with Crippen LogP contribution in [0, 0.1) is 5.92 Å². The standard InChI is InChI=1S/C19H20N4O/c24-19(17-5-1-7-18-16(17)6-2-9-20-18)23-11-3-4-14(13-23)12-15-8-10-21-22-15/h1-2,5-10,14H,3-4,11-13H2,(H,21,22)/t14-/m1/s1. The number of aromatic amines is 1. The molecule has 1 aliphatic heterocycles. The molecule has 24 heavy (non-hydrogen) atoms. The third-order valence-corrected chi connectivity index (χ3v) is 4.75. The van der Waals surface area contributed by atoms with Crippen molar-refractivity contribution in [2.24, 2.45) is 5.92 Å². The molecule has 5 nitrogen and oxygen atoms in total. The van der Waals surface area contributed by atoms with E-state index >= 15 is 0 Å². The average molecular weight is 320 g/mol. The molecule has 0 unspecified atom stereocenters. The molecule has 0 aliphatic carbocycles. The van der Waals surface area contributed by atoms with Gasteiger partial charge in [-0.05, 0) is 49.4 Å². The van der Waals surface area contributed by atoms with E-state index in [9.17, 15) is 4.79 Å². The minimum atomic E-state index is 0.114. The highest BCUT2D eigenvalue weighted by Crippen LogP contribution is 2.24. The number of fused-ring (bicyclic) bond motifs is 1. The van der Waals surface area contributed by atoms with Crippen molar-refractivity contribution in [3.05, 3.63) is 60.0 Å². The summed E-state index contributed by atoms with van der Waals surface area (Å²) in [6, 6.07) is 11.6. The van der Waals surface area contributed by atoms with Crippen molar-refractivity contribution < 1.29 is 4.79 Å². The minimum Gasteiger partial charge on any atom is -0.338 e. The highest BCUT2D eigenvalue weighted by Gasteiger charge is 2.25. The number of hydrogen-bond acceptors (Lipinski definition) is 3. The van der Waals surface area contributed by atoms with E-state index in [1.807, 2.05) is 41.3 Å². The molecule has 1 amide bonds. The lowest BCUT2D eigenvalue weighted by Crippen LogP contribution is -2.40. The van der Waals surface area contributed by atoms with Gasteiger partial charge in [0.2, 0.25) is 0 Å². The number of carbonyl (C=O) groups is 1. The lowest BCUT2D eigenvalue weighted by molar-refractivity contribution is 0.0675. The molecule has 1 aliphatic rings. The fraction of sp³-hybridized carbons (Fsp3) is 0.316. The van der Waals surface area contributed by atoms with E-state index in [1.54, 1.807) is 12.4 Å². The van der Waals surface area contributed by atoms with Gasteiger partial charge in [0.15, 0.2) is 0 Å². The Morgan fingerprint density at radius 1 is 1.21 bits per heavy atom. The predicted molar refractivity (Wildman–Crippen MR) is 92.7 cm³/mol. The first kappa shape index (κ1) is 14.9. The summed E-state index contributed by atoms with van der Waals surface area (Å²) in [6.07, 6.45) is 6.69. The van der Waals surface area contributed by atoms with E-state index in [4.69, 9.17) is 0 Å². The number of nitrogens with one attached hydrogen (secondary N) is 1. The van der Waals surface area contributed by atoms with Crippen LogP contribution in [0.2, 0.25) is 0 Å². The smallest absolute Gasteiger partial charge is 0.254 e. The molecule has 1 fully saturated rings. The highest BCUT2D eigenvalue weighted by atomic mass is 16.2. The van der Waals surface area contributed by atoms with E-state index < -0.39 is 0 Å². The Balaban J connectivity index is 1.55. The van der Waals surface area contributed by atoms with Crippen LogP contribution in [-0.2, 0) is 6.42 Å². The first-order chi connectivity index (χ1) is 11.8. The largest absolute Gasteiger partial charge is 0.338 e. The van der Waals surface area contributed by atoms with Crippen molar-refractivity contribution in [3.63, 3.8) is 0 Å². The maximum atomic E-state index is 13.0. The van der Waals surface area contributed by atoms with Gasteiger partial charge in [0, 0.05) is 42.1 Å². The molecule has 5 heteroatoms. The second-order valence-electron chi connectivity index (χ2n) is 6.42. The van der Waals surface area contributed by atoms with Gasteiger partial charge < -0.3 is 4.90 Å². The molecule has 0 bridgehead atoms. The van der Waals surface area contributed by atoms with E-state index in [-0.39, 0.29) is 5.91 Å². The molecule has 0 radical (unpaired) electrons. The van der Waals surface area contributed by atoms with E-state index in [2.05, 4.69) is 15.2 Å². The van der Waals surface area contributed by atoms with Gasteiger partial charge in [0.1, 0.15) is 0 Å². The molecular weight excluding hydrogens is 300 g/mol. The van der Waals surface area contributed by atoms with Crippen LogP contribution in [0.5, 0.6) is 0 Å². The first-order valence-electron chi connectivity index (χ1n) is 8.42. The highest BCUT2D eigenvalue weighted by molar-refractivity contribution is 6.06. The monoisotopic (exact) mass is 320 g/mol. The van der Waals surface area contributed by atoms with Crippen LogP contribution in [0.25, 0.3) is 10.9 Å². The summed E-state index contributed by atoms with van der Waals surface area (Å²) >= 11 is 0. The zero-order valence-electron chi connectivity index (χ0n) is 13.5.